The van der Waals surface area contributed by atoms with Crippen LogP contribution in [0.15, 0.2) is 88.8 Å². The summed E-state index contributed by atoms with van der Waals surface area (Å²) in [6.07, 6.45) is 1.15. The first-order valence-electron chi connectivity index (χ1n) is 9.95. The summed E-state index contributed by atoms with van der Waals surface area (Å²) >= 11 is 0. The van der Waals surface area contributed by atoms with Crippen LogP contribution in [-0.4, -0.2) is 28.2 Å². The molecule has 0 radical (unpaired) electrons. The third-order valence-electron chi connectivity index (χ3n) is 4.86. The fourth-order valence-electron chi connectivity index (χ4n) is 3.23. The number of rotatable bonds is 6. The molecule has 3 N–H and O–H groups in total. The van der Waals surface area contributed by atoms with Crippen LogP contribution in [0.1, 0.15) is 27.7 Å². The highest BCUT2D eigenvalue weighted by Gasteiger charge is 2.27. The first-order valence-corrected chi connectivity index (χ1v) is 9.95. The average Bonchev–Trinajstić information content (AvgIpc) is 2.85. The highest BCUT2D eigenvalue weighted by Crippen LogP contribution is 2.20. The zero-order valence-electron chi connectivity index (χ0n) is 17.2. The molecular weight excluding hydrogens is 425 g/mol. The Morgan fingerprint density at radius 1 is 0.939 bits per heavy atom. The molecule has 1 atom stereocenters. The maximum absolute atomic E-state index is 13.8. The van der Waals surface area contributed by atoms with E-state index in [1.54, 1.807) is 60.7 Å². The Bertz CT molecular complexity index is 1400. The van der Waals surface area contributed by atoms with Crippen molar-refractivity contribution in [2.24, 2.45) is 5.10 Å². The Morgan fingerprint density at radius 2 is 1.61 bits per heavy atom. The van der Waals surface area contributed by atoms with E-state index in [-0.39, 0.29) is 11.3 Å². The Kier molecular flexibility index (Phi) is 6.31. The number of carbonyl (C=O) groups excluding carboxylic acids is 2. The van der Waals surface area contributed by atoms with Gasteiger partial charge in [-0.1, -0.05) is 54.6 Å². The van der Waals surface area contributed by atoms with Gasteiger partial charge in [0.05, 0.1) is 11.6 Å². The van der Waals surface area contributed by atoms with E-state index in [4.69, 9.17) is 0 Å². The summed E-state index contributed by atoms with van der Waals surface area (Å²) < 4.78 is 13.8. The van der Waals surface area contributed by atoms with Crippen molar-refractivity contribution in [1.82, 2.24) is 20.9 Å². The maximum atomic E-state index is 13.8. The van der Waals surface area contributed by atoms with Crippen LogP contribution in [-0.2, 0) is 4.79 Å². The zero-order chi connectivity index (χ0) is 23.2. The van der Waals surface area contributed by atoms with E-state index in [0.29, 0.717) is 16.3 Å². The number of amides is 2. The Hall–Kier alpha value is -4.66. The van der Waals surface area contributed by atoms with Crippen LogP contribution in [0, 0.1) is 5.82 Å². The lowest BCUT2D eigenvalue weighted by atomic mass is 10.0. The summed E-state index contributed by atoms with van der Waals surface area (Å²) in [5, 5.41) is 13.5. The van der Waals surface area contributed by atoms with Crippen LogP contribution in [0.3, 0.4) is 0 Å². The lowest BCUT2D eigenvalue weighted by Gasteiger charge is -2.18. The standard InChI is InChI=1S/C24H18FN5O3/c25-19-13-7-4-10-16(19)14-26-29-24(33)21(27-22(31)15-8-2-1-3-9-15)20-17-11-5-6-12-18(17)23(32)30-28-20/h1-14,21H,(H,27,31)(H,29,33)(H,30,32)/b26-14-/t21-/m1/s1. The van der Waals surface area contributed by atoms with E-state index in [2.05, 4.69) is 26.0 Å². The lowest BCUT2D eigenvalue weighted by molar-refractivity contribution is -0.123. The average molecular weight is 443 g/mol. The van der Waals surface area contributed by atoms with Crippen molar-refractivity contribution >= 4 is 28.8 Å². The molecule has 4 rings (SSSR count). The van der Waals surface area contributed by atoms with Gasteiger partial charge in [-0.05, 0) is 24.3 Å². The molecule has 0 aliphatic carbocycles. The van der Waals surface area contributed by atoms with Crippen LogP contribution < -0.4 is 16.3 Å². The highest BCUT2D eigenvalue weighted by atomic mass is 19.1. The summed E-state index contributed by atoms with van der Waals surface area (Å²) in [5.74, 6) is -1.75. The minimum Gasteiger partial charge on any atom is -0.335 e. The van der Waals surface area contributed by atoms with Gasteiger partial charge in [-0.25, -0.2) is 14.9 Å². The molecule has 0 fully saturated rings. The van der Waals surface area contributed by atoms with E-state index in [9.17, 15) is 18.8 Å². The largest absolute Gasteiger partial charge is 0.335 e. The molecule has 164 valence electrons. The number of nitrogens with zero attached hydrogens (tertiary/aromatic N) is 2. The van der Waals surface area contributed by atoms with E-state index in [1.807, 2.05) is 0 Å². The smallest absolute Gasteiger partial charge is 0.272 e. The molecule has 0 bridgehead atoms. The molecule has 0 aliphatic rings. The molecule has 0 unspecified atom stereocenters. The summed E-state index contributed by atoms with van der Waals surface area (Å²) in [6.45, 7) is 0. The number of hydrogen-bond acceptors (Lipinski definition) is 5. The van der Waals surface area contributed by atoms with Crippen molar-refractivity contribution in [3.63, 3.8) is 0 Å². The van der Waals surface area contributed by atoms with E-state index in [0.717, 1.165) is 6.21 Å². The number of fused-ring (bicyclic) bond motifs is 1. The van der Waals surface area contributed by atoms with Crippen molar-refractivity contribution in [1.29, 1.82) is 0 Å². The van der Waals surface area contributed by atoms with Crippen LogP contribution in [0.5, 0.6) is 0 Å². The van der Waals surface area contributed by atoms with Gasteiger partial charge in [0.15, 0.2) is 6.04 Å². The van der Waals surface area contributed by atoms with Gasteiger partial charge in [0.2, 0.25) is 0 Å². The molecule has 2 amide bonds. The number of halogens is 1. The van der Waals surface area contributed by atoms with Gasteiger partial charge >= 0.3 is 0 Å². The van der Waals surface area contributed by atoms with Gasteiger partial charge < -0.3 is 5.32 Å². The Labute approximate surface area is 187 Å². The summed E-state index contributed by atoms with van der Waals surface area (Å²) in [6, 6.07) is 19.6. The SMILES string of the molecule is O=C(N[C@@H](C(=O)N/N=C\c1ccccc1F)c1n[nH]c(=O)c2ccccc12)c1ccccc1. The molecule has 4 aromatic rings. The summed E-state index contributed by atoms with van der Waals surface area (Å²) in [4.78, 5) is 38.0. The molecule has 0 aliphatic heterocycles. The van der Waals surface area contributed by atoms with Crippen molar-refractivity contribution in [3.05, 3.63) is 112 Å². The predicted molar refractivity (Wildman–Crippen MR) is 121 cm³/mol. The van der Waals surface area contributed by atoms with Crippen molar-refractivity contribution in [2.75, 3.05) is 0 Å². The molecule has 8 nitrogen and oxygen atoms in total. The Morgan fingerprint density at radius 3 is 2.36 bits per heavy atom. The molecule has 33 heavy (non-hydrogen) atoms. The van der Waals surface area contributed by atoms with E-state index >= 15 is 0 Å². The van der Waals surface area contributed by atoms with Crippen LogP contribution in [0.2, 0.25) is 0 Å². The summed E-state index contributed by atoms with van der Waals surface area (Å²) in [5.41, 5.74) is 2.52. The molecule has 0 saturated carbocycles. The number of benzene rings is 3. The normalized spacial score (nSPS) is 11.9. The van der Waals surface area contributed by atoms with Gasteiger partial charge in [-0.3, -0.25) is 14.4 Å². The van der Waals surface area contributed by atoms with Gasteiger partial charge in [-0.15, -0.1) is 0 Å². The van der Waals surface area contributed by atoms with Crippen molar-refractivity contribution in [3.8, 4) is 0 Å². The molecule has 0 spiro atoms. The fourth-order valence-corrected chi connectivity index (χ4v) is 3.23. The third kappa shape index (κ3) is 4.82. The second-order valence-electron chi connectivity index (χ2n) is 7.01. The number of nitrogens with one attached hydrogen (secondary N) is 3. The monoisotopic (exact) mass is 443 g/mol. The van der Waals surface area contributed by atoms with Gasteiger partial charge in [-0.2, -0.15) is 10.2 Å². The number of hydrazone groups is 1. The second kappa shape index (κ2) is 9.65. The second-order valence-corrected chi connectivity index (χ2v) is 7.01. The fraction of sp³-hybridized carbons (Fsp3) is 0.0417. The van der Waals surface area contributed by atoms with E-state index in [1.165, 1.54) is 18.2 Å². The molecule has 1 heterocycles. The number of hydrogen-bond donors (Lipinski definition) is 3. The predicted octanol–water partition coefficient (Wildman–Crippen LogP) is 2.68. The summed E-state index contributed by atoms with van der Waals surface area (Å²) in [7, 11) is 0. The minimum absolute atomic E-state index is 0.132. The number of carbonyl (C=O) groups is 2. The molecule has 3 aromatic carbocycles. The van der Waals surface area contributed by atoms with Crippen LogP contribution in [0.4, 0.5) is 4.39 Å². The first kappa shape index (κ1) is 21.6. The highest BCUT2D eigenvalue weighted by molar-refractivity contribution is 5.99. The van der Waals surface area contributed by atoms with Crippen molar-refractivity contribution < 1.29 is 14.0 Å². The first-order chi connectivity index (χ1) is 16.0. The zero-order valence-corrected chi connectivity index (χ0v) is 17.2. The molecule has 9 heteroatoms. The number of aromatic amines is 1. The van der Waals surface area contributed by atoms with Gasteiger partial charge in [0.25, 0.3) is 17.4 Å². The van der Waals surface area contributed by atoms with Crippen LogP contribution >= 0.6 is 0 Å². The topological polar surface area (TPSA) is 116 Å². The molecule has 1 aromatic heterocycles. The quantitative estimate of drug-likeness (QED) is 0.314. The maximum Gasteiger partial charge on any atom is 0.272 e. The van der Waals surface area contributed by atoms with Gasteiger partial charge in [0.1, 0.15) is 11.5 Å². The molecular formula is C24H18FN5O3. The Balaban J connectivity index is 1.68. The minimum atomic E-state index is -1.29. The number of aromatic nitrogens is 2. The van der Waals surface area contributed by atoms with Crippen molar-refractivity contribution in [2.45, 2.75) is 6.04 Å². The third-order valence-corrected chi connectivity index (χ3v) is 4.86. The number of H-pyrrole nitrogens is 1. The molecule has 0 saturated heterocycles. The lowest BCUT2D eigenvalue weighted by Crippen LogP contribution is -2.40. The van der Waals surface area contributed by atoms with E-state index < -0.39 is 29.2 Å². The van der Waals surface area contributed by atoms with Crippen LogP contribution in [0.25, 0.3) is 10.8 Å². The van der Waals surface area contributed by atoms with Gasteiger partial charge in [0, 0.05) is 16.5 Å².